The number of methoxy groups -OCH3 is 1. The predicted molar refractivity (Wildman–Crippen MR) is 94.9 cm³/mol. The lowest BCUT2D eigenvalue weighted by molar-refractivity contribution is -0.118. The average Bonchev–Trinajstić information content (AvgIpc) is 2.61. The number of anilines is 1. The van der Waals surface area contributed by atoms with Crippen molar-refractivity contribution in [1.82, 2.24) is 0 Å². The van der Waals surface area contributed by atoms with Crippen LogP contribution in [0.15, 0.2) is 30.3 Å². The van der Waals surface area contributed by atoms with E-state index in [9.17, 15) is 15.0 Å². The van der Waals surface area contributed by atoms with Crippen molar-refractivity contribution in [3.05, 3.63) is 52.6 Å². The van der Waals surface area contributed by atoms with Crippen LogP contribution in [-0.4, -0.2) is 29.8 Å². The van der Waals surface area contributed by atoms with Gasteiger partial charge in [-0.05, 0) is 37.6 Å². The Bertz CT molecular complexity index is 732. The van der Waals surface area contributed by atoms with Crippen molar-refractivity contribution in [2.45, 2.75) is 27.1 Å². The van der Waals surface area contributed by atoms with Gasteiger partial charge in [-0.2, -0.15) is 0 Å². The summed E-state index contributed by atoms with van der Waals surface area (Å²) in [5, 5.41) is 21.8. The Hall–Kier alpha value is -2.57. The average molecular weight is 345 g/mol. The van der Waals surface area contributed by atoms with Gasteiger partial charge < -0.3 is 25.0 Å². The highest BCUT2D eigenvalue weighted by Gasteiger charge is 2.14. The molecule has 0 aliphatic heterocycles. The maximum absolute atomic E-state index is 12.2. The lowest BCUT2D eigenvalue weighted by atomic mass is 10.1. The molecule has 6 nitrogen and oxygen atoms in total. The Morgan fingerprint density at radius 3 is 2.24 bits per heavy atom. The fourth-order valence-electron chi connectivity index (χ4n) is 2.54. The smallest absolute Gasteiger partial charge is 0.262 e. The molecule has 0 fully saturated rings. The van der Waals surface area contributed by atoms with Crippen LogP contribution >= 0.6 is 0 Å². The van der Waals surface area contributed by atoms with E-state index in [1.165, 1.54) is 7.11 Å². The second-order valence-electron chi connectivity index (χ2n) is 5.75. The lowest BCUT2D eigenvalue weighted by Crippen LogP contribution is -2.21. The van der Waals surface area contributed by atoms with Crippen LogP contribution < -0.4 is 14.8 Å². The van der Waals surface area contributed by atoms with E-state index in [4.69, 9.17) is 9.47 Å². The highest BCUT2D eigenvalue weighted by Crippen LogP contribution is 2.30. The molecule has 0 heterocycles. The Labute approximate surface area is 147 Å². The number of nitrogens with one attached hydrogen (secondary N) is 1. The number of aliphatic hydroxyl groups is 2. The van der Waals surface area contributed by atoms with Crippen LogP contribution in [0.3, 0.4) is 0 Å². The first-order valence-corrected chi connectivity index (χ1v) is 7.90. The largest absolute Gasteiger partial charge is 0.497 e. The fraction of sp³-hybridized carbons (Fsp3) is 0.316. The number of hydrogen-bond donors (Lipinski definition) is 3. The molecule has 0 unspecified atom stereocenters. The minimum Gasteiger partial charge on any atom is -0.497 e. The van der Waals surface area contributed by atoms with Crippen molar-refractivity contribution in [1.29, 1.82) is 0 Å². The second-order valence-corrected chi connectivity index (χ2v) is 5.75. The van der Waals surface area contributed by atoms with Crippen LogP contribution in [0.4, 0.5) is 5.69 Å². The zero-order chi connectivity index (χ0) is 18.4. The third-order valence-corrected chi connectivity index (χ3v) is 3.80. The summed E-state index contributed by atoms with van der Waals surface area (Å²) in [7, 11) is 1.50. The SMILES string of the molecule is COc1cc(CO)c(OCC(=O)Nc2ccc(C)cc2C)c(CO)c1. The highest BCUT2D eigenvalue weighted by atomic mass is 16.5. The van der Waals surface area contributed by atoms with Gasteiger partial charge >= 0.3 is 0 Å². The van der Waals surface area contributed by atoms with E-state index < -0.39 is 0 Å². The summed E-state index contributed by atoms with van der Waals surface area (Å²) >= 11 is 0. The summed E-state index contributed by atoms with van der Waals surface area (Å²) < 4.78 is 10.7. The minimum absolute atomic E-state index is 0.236. The number of hydrogen-bond acceptors (Lipinski definition) is 5. The minimum atomic E-state index is -0.324. The zero-order valence-corrected chi connectivity index (χ0v) is 14.6. The summed E-state index contributed by atoms with van der Waals surface area (Å²) in [6.07, 6.45) is 0. The van der Waals surface area contributed by atoms with Gasteiger partial charge in [0.15, 0.2) is 6.61 Å². The number of carbonyl (C=O) groups is 1. The molecule has 0 saturated heterocycles. The molecule has 0 aromatic heterocycles. The molecule has 2 aromatic rings. The van der Waals surface area contributed by atoms with E-state index in [2.05, 4.69) is 5.32 Å². The molecule has 0 aliphatic rings. The van der Waals surface area contributed by atoms with E-state index in [1.54, 1.807) is 12.1 Å². The van der Waals surface area contributed by atoms with Crippen LogP contribution in [0.1, 0.15) is 22.3 Å². The molecule has 25 heavy (non-hydrogen) atoms. The molecule has 0 bridgehead atoms. The molecule has 0 atom stereocenters. The molecular formula is C19H23NO5. The monoisotopic (exact) mass is 345 g/mol. The Balaban J connectivity index is 2.11. The van der Waals surface area contributed by atoms with Crippen LogP contribution in [0, 0.1) is 13.8 Å². The van der Waals surface area contributed by atoms with Crippen molar-refractivity contribution in [2.24, 2.45) is 0 Å². The van der Waals surface area contributed by atoms with E-state index >= 15 is 0 Å². The van der Waals surface area contributed by atoms with E-state index in [0.717, 1.165) is 16.8 Å². The maximum Gasteiger partial charge on any atom is 0.262 e. The van der Waals surface area contributed by atoms with Crippen LogP contribution in [-0.2, 0) is 18.0 Å². The molecule has 0 saturated carbocycles. The standard InChI is InChI=1S/C19H23NO5/c1-12-4-5-17(13(2)6-12)20-18(23)11-25-19-14(9-21)7-16(24-3)8-15(19)10-22/h4-8,21-22H,9-11H2,1-3H3,(H,20,23). The van der Waals surface area contributed by atoms with Crippen molar-refractivity contribution >= 4 is 11.6 Å². The number of amides is 1. The first-order chi connectivity index (χ1) is 12.0. The second kappa shape index (κ2) is 8.50. The number of benzene rings is 2. The summed E-state index contributed by atoms with van der Waals surface area (Å²) in [6, 6.07) is 8.95. The molecule has 0 aliphatic carbocycles. The van der Waals surface area contributed by atoms with Gasteiger partial charge in [0.25, 0.3) is 5.91 Å². The third kappa shape index (κ3) is 4.71. The van der Waals surface area contributed by atoms with Gasteiger partial charge in [0.2, 0.25) is 0 Å². The topological polar surface area (TPSA) is 88.0 Å². The maximum atomic E-state index is 12.2. The van der Waals surface area contributed by atoms with Crippen LogP contribution in [0.5, 0.6) is 11.5 Å². The summed E-state index contributed by atoms with van der Waals surface area (Å²) in [6.45, 7) is 3.08. The predicted octanol–water partition coefficient (Wildman–Crippen LogP) is 2.31. The molecule has 2 aromatic carbocycles. The van der Waals surface area contributed by atoms with Crippen molar-refractivity contribution in [3.8, 4) is 11.5 Å². The van der Waals surface area contributed by atoms with Gasteiger partial charge in [0.1, 0.15) is 11.5 Å². The number of rotatable bonds is 7. The summed E-state index contributed by atoms with van der Waals surface area (Å²) in [5.74, 6) is 0.470. The van der Waals surface area contributed by atoms with Crippen molar-refractivity contribution in [3.63, 3.8) is 0 Å². The first-order valence-electron chi connectivity index (χ1n) is 7.90. The fourth-order valence-corrected chi connectivity index (χ4v) is 2.54. The molecule has 134 valence electrons. The number of aliphatic hydroxyl groups excluding tert-OH is 2. The van der Waals surface area contributed by atoms with E-state index in [-0.39, 0.29) is 25.7 Å². The van der Waals surface area contributed by atoms with Gasteiger partial charge in [-0.15, -0.1) is 0 Å². The molecule has 0 spiro atoms. The highest BCUT2D eigenvalue weighted by molar-refractivity contribution is 5.92. The van der Waals surface area contributed by atoms with Gasteiger partial charge in [-0.1, -0.05) is 17.7 Å². The molecule has 0 radical (unpaired) electrons. The van der Waals surface area contributed by atoms with Crippen LogP contribution in [0.25, 0.3) is 0 Å². The Kier molecular flexibility index (Phi) is 6.38. The molecule has 2 rings (SSSR count). The lowest BCUT2D eigenvalue weighted by Gasteiger charge is -2.16. The summed E-state index contributed by atoms with van der Waals surface area (Å²) in [5.41, 5.74) is 3.69. The normalized spacial score (nSPS) is 10.4. The molecular weight excluding hydrogens is 322 g/mol. The van der Waals surface area contributed by atoms with Gasteiger partial charge in [0.05, 0.1) is 20.3 Å². The molecule has 1 amide bonds. The Morgan fingerprint density at radius 2 is 1.72 bits per heavy atom. The van der Waals surface area contributed by atoms with Crippen molar-refractivity contribution < 1.29 is 24.5 Å². The van der Waals surface area contributed by atoms with E-state index in [0.29, 0.717) is 22.6 Å². The van der Waals surface area contributed by atoms with Crippen LogP contribution in [0.2, 0.25) is 0 Å². The van der Waals surface area contributed by atoms with Gasteiger partial charge in [-0.3, -0.25) is 4.79 Å². The number of aryl methyl sites for hydroxylation is 2. The molecule has 6 heteroatoms. The quantitative estimate of drug-likeness (QED) is 0.717. The number of carbonyl (C=O) groups excluding carboxylic acids is 1. The first kappa shape index (κ1) is 18.8. The van der Waals surface area contributed by atoms with Crippen molar-refractivity contribution in [2.75, 3.05) is 19.0 Å². The zero-order valence-electron chi connectivity index (χ0n) is 14.6. The van der Waals surface area contributed by atoms with E-state index in [1.807, 2.05) is 32.0 Å². The molecule has 3 N–H and O–H groups in total. The van der Waals surface area contributed by atoms with Gasteiger partial charge in [-0.25, -0.2) is 0 Å². The van der Waals surface area contributed by atoms with Gasteiger partial charge in [0, 0.05) is 16.8 Å². The Morgan fingerprint density at radius 1 is 1.08 bits per heavy atom. The number of ether oxygens (including phenoxy) is 2. The third-order valence-electron chi connectivity index (χ3n) is 3.80. The summed E-state index contributed by atoms with van der Waals surface area (Å²) in [4.78, 5) is 12.2.